The summed E-state index contributed by atoms with van der Waals surface area (Å²) in [4.78, 5) is 21.7. The lowest BCUT2D eigenvalue weighted by Gasteiger charge is -2.15. The molecule has 6 nitrogen and oxygen atoms in total. The van der Waals surface area contributed by atoms with Gasteiger partial charge in [0, 0.05) is 10.9 Å². The number of hydrogen-bond acceptors (Lipinski definition) is 7. The van der Waals surface area contributed by atoms with Crippen molar-refractivity contribution in [2.24, 2.45) is 5.73 Å². The standard InChI is InChI=1S/C18H20N4O2S2.BrH/c1-9(2)24-15-6-5-12(17(19)23)7-13(15)21-18-22-14(8-25-18)16-10(3)20-11(4)26-16;/h5-9H,1-4H3,(H2,19,23)(H,21,22);1H. The third-order valence-corrected chi connectivity index (χ3v) is 5.36. The summed E-state index contributed by atoms with van der Waals surface area (Å²) in [5.74, 6) is 0.159. The van der Waals surface area contributed by atoms with Crippen LogP contribution in [0.15, 0.2) is 23.6 Å². The molecule has 0 fully saturated rings. The molecule has 0 spiro atoms. The Balaban J connectivity index is 0.00000261. The number of benzene rings is 1. The summed E-state index contributed by atoms with van der Waals surface area (Å²) in [6.45, 7) is 7.86. The maximum absolute atomic E-state index is 11.5. The first kappa shape index (κ1) is 21.3. The Labute approximate surface area is 176 Å². The van der Waals surface area contributed by atoms with E-state index in [0.717, 1.165) is 21.3 Å². The fourth-order valence-corrected chi connectivity index (χ4v) is 4.13. The molecule has 0 saturated carbocycles. The highest BCUT2D eigenvalue weighted by molar-refractivity contribution is 8.93. The number of ether oxygens (including phenoxy) is 1. The van der Waals surface area contributed by atoms with Crippen LogP contribution in [-0.4, -0.2) is 22.0 Å². The van der Waals surface area contributed by atoms with E-state index in [0.29, 0.717) is 22.1 Å². The minimum atomic E-state index is -0.486. The smallest absolute Gasteiger partial charge is 0.248 e. The highest BCUT2D eigenvalue weighted by atomic mass is 79.9. The van der Waals surface area contributed by atoms with E-state index in [9.17, 15) is 4.79 Å². The molecule has 0 aliphatic carbocycles. The number of nitrogens with one attached hydrogen (secondary N) is 1. The summed E-state index contributed by atoms with van der Waals surface area (Å²) in [6.07, 6.45) is 0.00431. The number of nitrogens with zero attached hydrogens (tertiary/aromatic N) is 2. The summed E-state index contributed by atoms with van der Waals surface area (Å²) >= 11 is 3.11. The van der Waals surface area contributed by atoms with E-state index >= 15 is 0 Å². The molecule has 1 aromatic carbocycles. The number of aromatic nitrogens is 2. The number of nitrogens with two attached hydrogens (primary N) is 1. The van der Waals surface area contributed by atoms with Gasteiger partial charge in [-0.15, -0.1) is 39.7 Å². The van der Waals surface area contributed by atoms with Gasteiger partial charge in [-0.25, -0.2) is 9.97 Å². The lowest BCUT2D eigenvalue weighted by Crippen LogP contribution is -2.12. The first-order valence-electron chi connectivity index (χ1n) is 8.11. The highest BCUT2D eigenvalue weighted by Gasteiger charge is 2.14. The fraction of sp³-hybridized carbons (Fsp3) is 0.278. The van der Waals surface area contributed by atoms with Gasteiger partial charge in [-0.3, -0.25) is 4.79 Å². The maximum Gasteiger partial charge on any atom is 0.248 e. The van der Waals surface area contributed by atoms with Gasteiger partial charge in [0.15, 0.2) is 5.13 Å². The largest absolute Gasteiger partial charge is 0.489 e. The third-order valence-electron chi connectivity index (χ3n) is 3.51. The summed E-state index contributed by atoms with van der Waals surface area (Å²) in [7, 11) is 0. The van der Waals surface area contributed by atoms with Crippen molar-refractivity contribution in [2.75, 3.05) is 5.32 Å². The van der Waals surface area contributed by atoms with Crippen molar-refractivity contribution in [3.63, 3.8) is 0 Å². The van der Waals surface area contributed by atoms with E-state index in [4.69, 9.17) is 10.5 Å². The average Bonchev–Trinajstić information content (AvgIpc) is 3.14. The van der Waals surface area contributed by atoms with Crippen LogP contribution in [0, 0.1) is 13.8 Å². The Hall–Kier alpha value is -1.97. The molecule has 0 atom stereocenters. The lowest BCUT2D eigenvalue weighted by molar-refractivity contribution is 0.100. The van der Waals surface area contributed by atoms with Gasteiger partial charge in [0.2, 0.25) is 5.91 Å². The Morgan fingerprint density at radius 2 is 2.00 bits per heavy atom. The zero-order valence-electron chi connectivity index (χ0n) is 15.4. The molecule has 0 radical (unpaired) electrons. The molecule has 3 aromatic rings. The minimum Gasteiger partial charge on any atom is -0.489 e. The van der Waals surface area contributed by atoms with Gasteiger partial charge >= 0.3 is 0 Å². The normalized spacial score (nSPS) is 10.6. The average molecular weight is 469 g/mol. The Bertz CT molecular complexity index is 953. The van der Waals surface area contributed by atoms with E-state index in [-0.39, 0.29) is 23.1 Å². The number of anilines is 2. The first-order valence-corrected chi connectivity index (χ1v) is 9.80. The maximum atomic E-state index is 11.5. The monoisotopic (exact) mass is 468 g/mol. The van der Waals surface area contributed by atoms with Crippen LogP contribution < -0.4 is 15.8 Å². The zero-order chi connectivity index (χ0) is 18.8. The van der Waals surface area contributed by atoms with Crippen molar-refractivity contribution in [1.29, 1.82) is 0 Å². The molecular weight excluding hydrogens is 448 g/mol. The van der Waals surface area contributed by atoms with Crippen LogP contribution in [-0.2, 0) is 0 Å². The Kier molecular flexibility index (Phi) is 6.96. The SMILES string of the molecule is Br.Cc1nc(C)c(-c2csc(Nc3cc(C(N)=O)ccc3OC(C)C)n2)s1. The van der Waals surface area contributed by atoms with Crippen LogP contribution >= 0.6 is 39.7 Å². The number of primary amides is 1. The van der Waals surface area contributed by atoms with E-state index in [1.54, 1.807) is 29.5 Å². The van der Waals surface area contributed by atoms with Crippen LogP contribution in [0.2, 0.25) is 0 Å². The Morgan fingerprint density at radius 1 is 1.26 bits per heavy atom. The second-order valence-corrected chi connectivity index (χ2v) is 8.11. The first-order chi connectivity index (χ1) is 12.3. The van der Waals surface area contributed by atoms with Crippen LogP contribution in [0.5, 0.6) is 5.75 Å². The molecule has 1 amide bonds. The topological polar surface area (TPSA) is 90.1 Å². The lowest BCUT2D eigenvalue weighted by atomic mass is 10.1. The molecule has 0 unspecified atom stereocenters. The van der Waals surface area contributed by atoms with Gasteiger partial charge in [0.25, 0.3) is 0 Å². The fourth-order valence-electron chi connectivity index (χ4n) is 2.46. The summed E-state index contributed by atoms with van der Waals surface area (Å²) in [5, 5.41) is 6.96. The molecule has 0 bridgehead atoms. The number of hydrogen-bond donors (Lipinski definition) is 2. The van der Waals surface area contributed by atoms with Crippen LogP contribution in [0.25, 0.3) is 10.6 Å². The second-order valence-electron chi connectivity index (χ2n) is 6.05. The molecule has 2 aromatic heterocycles. The molecule has 0 saturated heterocycles. The minimum absolute atomic E-state index is 0. The summed E-state index contributed by atoms with van der Waals surface area (Å²) in [6, 6.07) is 5.08. The Morgan fingerprint density at radius 3 is 2.59 bits per heavy atom. The molecule has 27 heavy (non-hydrogen) atoms. The van der Waals surface area contributed by atoms with Crippen LogP contribution in [0.3, 0.4) is 0 Å². The van der Waals surface area contributed by atoms with Gasteiger partial charge in [0.1, 0.15) is 5.75 Å². The van der Waals surface area contributed by atoms with Gasteiger partial charge in [0.05, 0.1) is 33.1 Å². The van der Waals surface area contributed by atoms with Crippen molar-refractivity contribution < 1.29 is 9.53 Å². The van der Waals surface area contributed by atoms with E-state index in [2.05, 4.69) is 15.3 Å². The van der Waals surface area contributed by atoms with Gasteiger partial charge < -0.3 is 15.8 Å². The van der Waals surface area contributed by atoms with Crippen molar-refractivity contribution in [2.45, 2.75) is 33.8 Å². The van der Waals surface area contributed by atoms with Crippen molar-refractivity contribution in [3.8, 4) is 16.3 Å². The highest BCUT2D eigenvalue weighted by Crippen LogP contribution is 2.35. The second kappa shape index (κ2) is 8.81. The number of carbonyl (C=O) groups excluding carboxylic acids is 1. The molecule has 2 heterocycles. The van der Waals surface area contributed by atoms with Gasteiger partial charge in [-0.1, -0.05) is 0 Å². The molecule has 3 rings (SSSR count). The number of amides is 1. The predicted octanol–water partition coefficient (Wildman–Crippen LogP) is 5.09. The summed E-state index contributed by atoms with van der Waals surface area (Å²) in [5.41, 5.74) is 8.33. The molecule has 144 valence electrons. The van der Waals surface area contributed by atoms with Crippen LogP contribution in [0.1, 0.15) is 34.9 Å². The number of halogens is 1. The number of rotatable bonds is 6. The predicted molar refractivity (Wildman–Crippen MR) is 117 cm³/mol. The quantitative estimate of drug-likeness (QED) is 0.525. The third kappa shape index (κ3) is 5.06. The van der Waals surface area contributed by atoms with Crippen LogP contribution in [0.4, 0.5) is 10.8 Å². The molecule has 9 heteroatoms. The number of aryl methyl sites for hydroxylation is 2. The number of carbonyl (C=O) groups is 1. The van der Waals surface area contributed by atoms with Gasteiger partial charge in [-0.2, -0.15) is 0 Å². The van der Waals surface area contributed by atoms with E-state index in [1.807, 2.05) is 33.1 Å². The van der Waals surface area contributed by atoms with Crippen molar-refractivity contribution >= 4 is 56.4 Å². The molecular formula is C18H21BrN4O2S2. The van der Waals surface area contributed by atoms with E-state index < -0.39 is 5.91 Å². The molecule has 0 aliphatic heterocycles. The van der Waals surface area contributed by atoms with Gasteiger partial charge in [-0.05, 0) is 45.9 Å². The van der Waals surface area contributed by atoms with Crippen molar-refractivity contribution in [1.82, 2.24) is 9.97 Å². The zero-order valence-corrected chi connectivity index (χ0v) is 18.7. The van der Waals surface area contributed by atoms with E-state index in [1.165, 1.54) is 11.3 Å². The molecule has 0 aliphatic rings. The molecule has 3 N–H and O–H groups in total. The van der Waals surface area contributed by atoms with Crippen molar-refractivity contribution in [3.05, 3.63) is 39.8 Å². The number of thiazole rings is 2. The summed E-state index contributed by atoms with van der Waals surface area (Å²) < 4.78 is 5.82.